The summed E-state index contributed by atoms with van der Waals surface area (Å²) in [6.45, 7) is 0. The van der Waals surface area contributed by atoms with Crippen LogP contribution in [0.25, 0.3) is 98.8 Å². The fourth-order valence-corrected chi connectivity index (χ4v) is 9.45. The molecule has 1 aromatic heterocycles. The van der Waals surface area contributed by atoms with Gasteiger partial charge in [-0.25, -0.2) is 0 Å². The number of furan rings is 1. The van der Waals surface area contributed by atoms with Crippen molar-refractivity contribution < 1.29 is 4.42 Å². The Bertz CT molecular complexity index is 3630. The Morgan fingerprint density at radius 1 is 0.274 bits per heavy atom. The standard InChI is InChI=1S/C60H39NO/c1-3-17-50-42(12-1)14-10-22-53(50)54-19-5-7-23-57(54)61(48-36-34-44(35-37-48)52-21-11-25-59-60(52)55-20-6-8-24-58(55)62-59)49-16-9-15-46(38-49)40-26-28-41(29-27-40)47-33-32-45-31-30-43-13-2-4-18-51(43)56(45)39-47/h1-39H. The van der Waals surface area contributed by atoms with Gasteiger partial charge in [0.2, 0.25) is 0 Å². The molecule has 1 heterocycles. The van der Waals surface area contributed by atoms with Gasteiger partial charge in [-0.1, -0.05) is 188 Å². The van der Waals surface area contributed by atoms with Crippen LogP contribution in [0.1, 0.15) is 0 Å². The summed E-state index contributed by atoms with van der Waals surface area (Å²) in [7, 11) is 0. The Balaban J connectivity index is 0.967. The molecular weight excluding hydrogens is 751 g/mol. The molecule has 0 N–H and O–H groups in total. The van der Waals surface area contributed by atoms with Crippen LogP contribution in [0.5, 0.6) is 0 Å². The van der Waals surface area contributed by atoms with E-state index in [1.54, 1.807) is 0 Å². The third-order valence-electron chi connectivity index (χ3n) is 12.5. The van der Waals surface area contributed by atoms with E-state index in [1.807, 2.05) is 12.1 Å². The quantitative estimate of drug-likeness (QED) is 0.150. The van der Waals surface area contributed by atoms with E-state index in [0.717, 1.165) is 55.7 Å². The molecule has 12 aromatic rings. The second-order valence-corrected chi connectivity index (χ2v) is 16.1. The highest BCUT2D eigenvalue weighted by atomic mass is 16.3. The zero-order chi connectivity index (χ0) is 41.0. The second-order valence-electron chi connectivity index (χ2n) is 16.1. The van der Waals surface area contributed by atoms with Crippen LogP contribution in [-0.2, 0) is 0 Å². The predicted octanol–water partition coefficient (Wildman–Crippen LogP) is 17.2. The first-order chi connectivity index (χ1) is 30.7. The van der Waals surface area contributed by atoms with Gasteiger partial charge in [0.1, 0.15) is 11.2 Å². The van der Waals surface area contributed by atoms with Gasteiger partial charge in [-0.05, 0) is 120 Å². The highest BCUT2D eigenvalue weighted by molar-refractivity contribution is 6.13. The van der Waals surface area contributed by atoms with E-state index >= 15 is 0 Å². The van der Waals surface area contributed by atoms with E-state index in [-0.39, 0.29) is 0 Å². The van der Waals surface area contributed by atoms with Crippen molar-refractivity contribution in [3.63, 3.8) is 0 Å². The third kappa shape index (κ3) is 6.12. The van der Waals surface area contributed by atoms with Crippen LogP contribution in [0, 0.1) is 0 Å². The molecule has 0 saturated heterocycles. The third-order valence-corrected chi connectivity index (χ3v) is 12.5. The summed E-state index contributed by atoms with van der Waals surface area (Å²) >= 11 is 0. The van der Waals surface area contributed by atoms with Crippen molar-refractivity contribution in [3.8, 4) is 44.5 Å². The number of benzene rings is 11. The smallest absolute Gasteiger partial charge is 0.136 e. The summed E-state index contributed by atoms with van der Waals surface area (Å²) in [6.07, 6.45) is 0. The minimum atomic E-state index is 0.897. The molecule has 62 heavy (non-hydrogen) atoms. The van der Waals surface area contributed by atoms with Crippen molar-refractivity contribution in [1.82, 2.24) is 0 Å². The minimum Gasteiger partial charge on any atom is -0.456 e. The lowest BCUT2D eigenvalue weighted by molar-refractivity contribution is 0.669. The van der Waals surface area contributed by atoms with Crippen molar-refractivity contribution in [3.05, 3.63) is 237 Å². The molecule has 0 atom stereocenters. The minimum absolute atomic E-state index is 0.897. The van der Waals surface area contributed by atoms with Crippen LogP contribution < -0.4 is 4.90 Å². The van der Waals surface area contributed by atoms with Crippen molar-refractivity contribution >= 4 is 71.3 Å². The monoisotopic (exact) mass is 789 g/mol. The highest BCUT2D eigenvalue weighted by Crippen LogP contribution is 2.45. The maximum Gasteiger partial charge on any atom is 0.136 e. The molecule has 0 radical (unpaired) electrons. The molecule has 0 fully saturated rings. The Labute approximate surface area is 360 Å². The second kappa shape index (κ2) is 14.8. The number of para-hydroxylation sites is 2. The molecule has 0 unspecified atom stereocenters. The van der Waals surface area contributed by atoms with E-state index in [1.165, 1.54) is 60.1 Å². The summed E-state index contributed by atoms with van der Waals surface area (Å²) < 4.78 is 6.28. The largest absolute Gasteiger partial charge is 0.456 e. The van der Waals surface area contributed by atoms with E-state index in [0.29, 0.717) is 0 Å². The fraction of sp³-hybridized carbons (Fsp3) is 0. The fourth-order valence-electron chi connectivity index (χ4n) is 9.45. The van der Waals surface area contributed by atoms with Gasteiger partial charge < -0.3 is 9.32 Å². The number of rotatable bonds is 7. The van der Waals surface area contributed by atoms with Crippen molar-refractivity contribution in [2.45, 2.75) is 0 Å². The SMILES string of the molecule is c1cc(-c2ccc(-c3ccc4ccc5ccccc5c4c3)cc2)cc(N(c2ccc(-c3cccc4oc5ccccc5c34)cc2)c2ccccc2-c2cccc3ccccc23)c1. The number of hydrogen-bond donors (Lipinski definition) is 0. The first-order valence-corrected chi connectivity index (χ1v) is 21.2. The topological polar surface area (TPSA) is 16.4 Å². The van der Waals surface area contributed by atoms with Crippen LogP contribution in [0.15, 0.2) is 241 Å². The zero-order valence-corrected chi connectivity index (χ0v) is 33.9. The Kier molecular flexibility index (Phi) is 8.53. The maximum absolute atomic E-state index is 6.28. The van der Waals surface area contributed by atoms with Crippen LogP contribution >= 0.6 is 0 Å². The Hall–Kier alpha value is -8.20. The maximum atomic E-state index is 6.28. The molecule has 0 bridgehead atoms. The van der Waals surface area contributed by atoms with Crippen LogP contribution in [0.2, 0.25) is 0 Å². The molecule has 12 rings (SSSR count). The van der Waals surface area contributed by atoms with Gasteiger partial charge >= 0.3 is 0 Å². The normalized spacial score (nSPS) is 11.5. The zero-order valence-electron chi connectivity index (χ0n) is 33.9. The molecule has 0 amide bonds. The van der Waals surface area contributed by atoms with Crippen molar-refractivity contribution in [2.24, 2.45) is 0 Å². The number of fused-ring (bicyclic) bond motifs is 7. The van der Waals surface area contributed by atoms with E-state index in [4.69, 9.17) is 4.42 Å². The number of anilines is 3. The lowest BCUT2D eigenvalue weighted by atomic mass is 9.95. The first-order valence-electron chi connectivity index (χ1n) is 21.2. The van der Waals surface area contributed by atoms with Crippen LogP contribution in [0.4, 0.5) is 17.1 Å². The summed E-state index contributed by atoms with van der Waals surface area (Å²) in [5.41, 5.74) is 14.5. The molecule has 0 aliphatic heterocycles. The molecule has 0 aliphatic carbocycles. The van der Waals surface area contributed by atoms with Crippen molar-refractivity contribution in [1.29, 1.82) is 0 Å². The van der Waals surface area contributed by atoms with Gasteiger partial charge in [-0.15, -0.1) is 0 Å². The molecular formula is C60H39NO. The molecule has 290 valence electrons. The molecule has 11 aromatic carbocycles. The van der Waals surface area contributed by atoms with Gasteiger partial charge in [-0.3, -0.25) is 0 Å². The molecule has 0 saturated carbocycles. The summed E-state index contributed by atoms with van der Waals surface area (Å²) in [5.74, 6) is 0. The molecule has 0 aliphatic rings. The van der Waals surface area contributed by atoms with Gasteiger partial charge in [0, 0.05) is 27.7 Å². The van der Waals surface area contributed by atoms with E-state index < -0.39 is 0 Å². The Morgan fingerprint density at radius 3 is 1.63 bits per heavy atom. The lowest BCUT2D eigenvalue weighted by Gasteiger charge is -2.29. The van der Waals surface area contributed by atoms with Gasteiger partial charge in [-0.2, -0.15) is 0 Å². The van der Waals surface area contributed by atoms with Gasteiger partial charge in [0.25, 0.3) is 0 Å². The van der Waals surface area contributed by atoms with E-state index in [9.17, 15) is 0 Å². The summed E-state index contributed by atoms with van der Waals surface area (Å²) in [6, 6.07) is 85.6. The average molecular weight is 790 g/mol. The average Bonchev–Trinajstić information content (AvgIpc) is 3.73. The predicted molar refractivity (Wildman–Crippen MR) is 263 cm³/mol. The number of nitrogens with zero attached hydrogens (tertiary/aromatic N) is 1. The molecule has 0 spiro atoms. The van der Waals surface area contributed by atoms with E-state index in [2.05, 4.69) is 229 Å². The lowest BCUT2D eigenvalue weighted by Crippen LogP contribution is -2.11. The number of hydrogen-bond acceptors (Lipinski definition) is 2. The Morgan fingerprint density at radius 2 is 0.806 bits per heavy atom. The first kappa shape index (κ1) is 35.7. The van der Waals surface area contributed by atoms with Crippen molar-refractivity contribution in [2.75, 3.05) is 4.90 Å². The van der Waals surface area contributed by atoms with Gasteiger partial charge in [0.05, 0.1) is 5.69 Å². The van der Waals surface area contributed by atoms with Gasteiger partial charge in [0.15, 0.2) is 0 Å². The summed E-state index contributed by atoms with van der Waals surface area (Å²) in [5, 5.41) is 9.80. The molecule has 2 heteroatoms. The van der Waals surface area contributed by atoms with Crippen LogP contribution in [0.3, 0.4) is 0 Å². The highest BCUT2D eigenvalue weighted by Gasteiger charge is 2.20. The molecule has 2 nitrogen and oxygen atoms in total. The summed E-state index contributed by atoms with van der Waals surface area (Å²) in [4.78, 5) is 2.41. The van der Waals surface area contributed by atoms with Crippen LogP contribution in [-0.4, -0.2) is 0 Å².